The number of aryl methyl sites for hydroxylation is 2. The fourth-order valence-corrected chi connectivity index (χ4v) is 4.79. The smallest absolute Gasteiger partial charge is 0.194 e. The van der Waals surface area contributed by atoms with Gasteiger partial charge in [-0.25, -0.2) is 4.98 Å². The summed E-state index contributed by atoms with van der Waals surface area (Å²) in [5.74, 6) is 0. The molecule has 0 spiro atoms. The Kier molecular flexibility index (Phi) is 1.87. The van der Waals surface area contributed by atoms with E-state index in [0.717, 1.165) is 6.42 Å². The van der Waals surface area contributed by atoms with Crippen LogP contribution in [0.5, 0.6) is 0 Å². The van der Waals surface area contributed by atoms with E-state index in [4.69, 9.17) is 4.98 Å². The monoisotopic (exact) mass is 266 g/mol. The minimum atomic E-state index is 1.05. The maximum absolute atomic E-state index is 4.92. The third kappa shape index (κ3) is 1.24. The zero-order chi connectivity index (χ0) is 12.4. The third-order valence-electron chi connectivity index (χ3n) is 4.45. The molecule has 0 amide bonds. The first-order valence-electron chi connectivity index (χ1n) is 7.02. The molecule has 2 heterocycles. The summed E-state index contributed by atoms with van der Waals surface area (Å²) < 4.78 is 2.47. The van der Waals surface area contributed by atoms with Crippen LogP contribution in [0.15, 0.2) is 24.3 Å². The second-order valence-corrected chi connectivity index (χ2v) is 6.60. The first-order valence-corrected chi connectivity index (χ1v) is 7.83. The normalized spacial score (nSPS) is 16.4. The van der Waals surface area contributed by atoms with E-state index in [1.165, 1.54) is 53.2 Å². The van der Waals surface area contributed by atoms with Gasteiger partial charge in [0.25, 0.3) is 0 Å². The van der Waals surface area contributed by atoms with Gasteiger partial charge in [-0.3, -0.25) is 4.40 Å². The summed E-state index contributed by atoms with van der Waals surface area (Å²) in [4.78, 5) is 7.71. The van der Waals surface area contributed by atoms with Crippen molar-refractivity contribution in [3.05, 3.63) is 46.1 Å². The first kappa shape index (κ1) is 10.2. The zero-order valence-electron chi connectivity index (χ0n) is 10.6. The average Bonchev–Trinajstić information content (AvgIpc) is 3.05. The minimum Gasteiger partial charge on any atom is -0.290 e. The van der Waals surface area contributed by atoms with Crippen LogP contribution in [-0.2, 0) is 19.3 Å². The molecule has 2 nitrogen and oxygen atoms in total. The van der Waals surface area contributed by atoms with E-state index in [1.807, 2.05) is 11.3 Å². The second kappa shape index (κ2) is 3.48. The minimum absolute atomic E-state index is 1.05. The van der Waals surface area contributed by atoms with Gasteiger partial charge in [-0.15, -0.1) is 11.3 Å². The summed E-state index contributed by atoms with van der Waals surface area (Å²) in [5.41, 5.74) is 6.99. The third-order valence-corrected chi connectivity index (χ3v) is 5.59. The number of hydrogen-bond donors (Lipinski definition) is 0. The highest BCUT2D eigenvalue weighted by Gasteiger charge is 2.27. The standard InChI is InChI=1S/C16H14N2S/c1-2-6-11-10(5-1)9-13-15(11)17-16-18(13)12-7-3-4-8-14(12)19-16/h1-2,5-6H,3-4,7-9H2. The highest BCUT2D eigenvalue weighted by molar-refractivity contribution is 7.17. The van der Waals surface area contributed by atoms with Crippen molar-refractivity contribution in [3.63, 3.8) is 0 Å². The lowest BCUT2D eigenvalue weighted by molar-refractivity contribution is 0.671. The number of fused-ring (bicyclic) bond motifs is 7. The summed E-state index contributed by atoms with van der Waals surface area (Å²) >= 11 is 1.91. The van der Waals surface area contributed by atoms with E-state index >= 15 is 0 Å². The summed E-state index contributed by atoms with van der Waals surface area (Å²) in [6.45, 7) is 0. The van der Waals surface area contributed by atoms with Crippen molar-refractivity contribution in [1.29, 1.82) is 0 Å². The van der Waals surface area contributed by atoms with Crippen molar-refractivity contribution in [2.24, 2.45) is 0 Å². The molecule has 0 saturated heterocycles. The molecule has 0 bridgehead atoms. The molecule has 3 heteroatoms. The molecule has 2 aromatic heterocycles. The van der Waals surface area contributed by atoms with Gasteiger partial charge < -0.3 is 0 Å². The topological polar surface area (TPSA) is 17.3 Å². The summed E-state index contributed by atoms with van der Waals surface area (Å²) in [6.07, 6.45) is 6.22. The molecule has 0 unspecified atom stereocenters. The molecule has 0 atom stereocenters. The van der Waals surface area contributed by atoms with Crippen LogP contribution in [0.25, 0.3) is 16.2 Å². The fourth-order valence-electron chi connectivity index (χ4n) is 3.56. The molecule has 2 aliphatic rings. The number of thiazole rings is 1. The van der Waals surface area contributed by atoms with E-state index in [2.05, 4.69) is 28.7 Å². The molecule has 1 aromatic carbocycles. The number of aromatic nitrogens is 2. The van der Waals surface area contributed by atoms with Gasteiger partial charge in [0, 0.05) is 22.6 Å². The molecular formula is C16H14N2S. The van der Waals surface area contributed by atoms with E-state index in [-0.39, 0.29) is 0 Å². The van der Waals surface area contributed by atoms with Crippen molar-refractivity contribution in [2.45, 2.75) is 32.1 Å². The number of benzene rings is 1. The predicted octanol–water partition coefficient (Wildman–Crippen LogP) is 3.85. The Balaban J connectivity index is 1.83. The Labute approximate surface area is 115 Å². The molecule has 0 saturated carbocycles. The van der Waals surface area contributed by atoms with Crippen molar-refractivity contribution >= 4 is 16.3 Å². The van der Waals surface area contributed by atoms with E-state index in [1.54, 1.807) is 10.6 Å². The van der Waals surface area contributed by atoms with Gasteiger partial charge in [0.1, 0.15) is 0 Å². The van der Waals surface area contributed by atoms with Crippen LogP contribution >= 0.6 is 11.3 Å². The van der Waals surface area contributed by atoms with Gasteiger partial charge in [0.2, 0.25) is 0 Å². The van der Waals surface area contributed by atoms with Crippen LogP contribution in [0.4, 0.5) is 0 Å². The lowest BCUT2D eigenvalue weighted by Crippen LogP contribution is -2.04. The molecule has 0 N–H and O–H groups in total. The van der Waals surface area contributed by atoms with Gasteiger partial charge in [0.05, 0.1) is 11.4 Å². The molecule has 0 radical (unpaired) electrons. The molecule has 3 aromatic rings. The summed E-state index contributed by atoms with van der Waals surface area (Å²) in [7, 11) is 0. The van der Waals surface area contributed by atoms with Crippen molar-refractivity contribution in [2.75, 3.05) is 0 Å². The molecule has 0 aliphatic heterocycles. The molecule has 2 aliphatic carbocycles. The SMILES string of the molecule is c1ccc2c(c1)Cc1c-2nc2sc3c(n12)CCCC3. The predicted molar refractivity (Wildman–Crippen MR) is 78.0 cm³/mol. The quantitative estimate of drug-likeness (QED) is 0.472. The van der Waals surface area contributed by atoms with E-state index in [9.17, 15) is 0 Å². The number of hydrogen-bond acceptors (Lipinski definition) is 2. The molecular weight excluding hydrogens is 252 g/mol. The summed E-state index contributed by atoms with van der Waals surface area (Å²) in [6, 6.07) is 8.71. The summed E-state index contributed by atoms with van der Waals surface area (Å²) in [5, 5.41) is 0. The zero-order valence-corrected chi connectivity index (χ0v) is 11.5. The number of imidazole rings is 1. The highest BCUT2D eigenvalue weighted by atomic mass is 32.1. The highest BCUT2D eigenvalue weighted by Crippen LogP contribution is 2.40. The molecule has 0 fully saturated rings. The van der Waals surface area contributed by atoms with E-state index in [0.29, 0.717) is 0 Å². The second-order valence-electron chi connectivity index (χ2n) is 5.54. The molecule has 94 valence electrons. The van der Waals surface area contributed by atoms with Gasteiger partial charge in [0.15, 0.2) is 4.96 Å². The van der Waals surface area contributed by atoms with Crippen LogP contribution in [0, 0.1) is 0 Å². The van der Waals surface area contributed by atoms with Crippen LogP contribution in [0.2, 0.25) is 0 Å². The largest absolute Gasteiger partial charge is 0.290 e. The van der Waals surface area contributed by atoms with Crippen LogP contribution in [0.3, 0.4) is 0 Å². The Morgan fingerprint density at radius 2 is 1.95 bits per heavy atom. The van der Waals surface area contributed by atoms with E-state index < -0.39 is 0 Å². The lowest BCUT2D eigenvalue weighted by atomic mass is 10.0. The van der Waals surface area contributed by atoms with Crippen molar-refractivity contribution in [1.82, 2.24) is 9.38 Å². The van der Waals surface area contributed by atoms with Crippen LogP contribution in [-0.4, -0.2) is 9.38 Å². The molecule has 19 heavy (non-hydrogen) atoms. The number of rotatable bonds is 0. The Morgan fingerprint density at radius 3 is 2.95 bits per heavy atom. The van der Waals surface area contributed by atoms with Crippen LogP contribution in [0.1, 0.15) is 34.7 Å². The first-order chi connectivity index (χ1) is 9.42. The van der Waals surface area contributed by atoms with Gasteiger partial charge >= 0.3 is 0 Å². The van der Waals surface area contributed by atoms with Gasteiger partial charge in [-0.2, -0.15) is 0 Å². The maximum atomic E-state index is 4.92. The average molecular weight is 266 g/mol. The van der Waals surface area contributed by atoms with Crippen molar-refractivity contribution < 1.29 is 0 Å². The molecule has 5 rings (SSSR count). The fraction of sp³-hybridized carbons (Fsp3) is 0.312. The lowest BCUT2D eigenvalue weighted by Gasteiger charge is -2.11. The maximum Gasteiger partial charge on any atom is 0.194 e. The van der Waals surface area contributed by atoms with Gasteiger partial charge in [-0.05, 0) is 31.2 Å². The number of nitrogens with zero attached hydrogens (tertiary/aromatic N) is 2. The van der Waals surface area contributed by atoms with Gasteiger partial charge in [-0.1, -0.05) is 24.3 Å². The van der Waals surface area contributed by atoms with Crippen molar-refractivity contribution in [3.8, 4) is 11.3 Å². The van der Waals surface area contributed by atoms with Crippen LogP contribution < -0.4 is 0 Å². The Bertz CT molecular complexity index is 810. The Morgan fingerprint density at radius 1 is 1.05 bits per heavy atom. The Hall–Kier alpha value is -1.61.